The second-order valence-corrected chi connectivity index (χ2v) is 2.68. The van der Waals surface area contributed by atoms with E-state index in [1.54, 1.807) is 0 Å². The molecule has 0 bridgehead atoms. The maximum absolute atomic E-state index is 9.24. The lowest BCUT2D eigenvalue weighted by atomic mass is 10.0. The fraction of sp³-hybridized carbons (Fsp3) is 1.00. The molecule has 0 aliphatic heterocycles. The van der Waals surface area contributed by atoms with Gasteiger partial charge in [0.1, 0.15) is 18.3 Å². The van der Waals surface area contributed by atoms with Gasteiger partial charge in [0, 0.05) is 7.11 Å². The minimum absolute atomic E-state index is 0.512. The Labute approximate surface area is 71.2 Å². The highest BCUT2D eigenvalue weighted by Crippen LogP contribution is 2.07. The summed E-state index contributed by atoms with van der Waals surface area (Å²) < 4.78 is 4.71. The average molecular weight is 180 g/mol. The summed E-state index contributed by atoms with van der Waals surface area (Å²) in [6.45, 7) is 0.864. The van der Waals surface area contributed by atoms with Crippen LogP contribution in [0.15, 0.2) is 0 Å². The third kappa shape index (κ3) is 3.04. The molecule has 0 spiro atoms. The van der Waals surface area contributed by atoms with Gasteiger partial charge in [-0.15, -0.1) is 0 Å². The number of aliphatic hydroxyl groups excluding tert-OH is 4. The first kappa shape index (κ1) is 11.8. The van der Waals surface area contributed by atoms with Crippen LogP contribution in [0.25, 0.3) is 0 Å². The fourth-order valence-corrected chi connectivity index (χ4v) is 0.903. The van der Waals surface area contributed by atoms with Gasteiger partial charge in [-0.25, -0.2) is 0 Å². The van der Waals surface area contributed by atoms with Crippen molar-refractivity contribution in [3.63, 3.8) is 0 Å². The molecule has 0 saturated carbocycles. The number of methoxy groups -OCH3 is 1. The molecule has 0 aliphatic carbocycles. The van der Waals surface area contributed by atoms with Crippen molar-refractivity contribution in [3.8, 4) is 0 Å². The second-order valence-electron chi connectivity index (χ2n) is 2.68. The van der Waals surface area contributed by atoms with E-state index >= 15 is 0 Å². The SMILES string of the molecule is CO[C@H](C(O)CO)[C@H](O)[C@H](C)O. The number of rotatable bonds is 5. The zero-order valence-electron chi connectivity index (χ0n) is 7.21. The Kier molecular flexibility index (Phi) is 5.36. The maximum atomic E-state index is 9.24. The van der Waals surface area contributed by atoms with Crippen molar-refractivity contribution in [2.75, 3.05) is 13.7 Å². The molecule has 5 nitrogen and oxygen atoms in total. The number of hydrogen-bond acceptors (Lipinski definition) is 5. The zero-order valence-corrected chi connectivity index (χ0v) is 7.21. The molecular weight excluding hydrogens is 164 g/mol. The summed E-state index contributed by atoms with van der Waals surface area (Å²) >= 11 is 0. The van der Waals surface area contributed by atoms with Gasteiger partial charge in [0.15, 0.2) is 0 Å². The fourth-order valence-electron chi connectivity index (χ4n) is 0.903. The molecule has 0 amide bonds. The molecule has 1 unspecified atom stereocenters. The molecule has 5 heteroatoms. The van der Waals surface area contributed by atoms with Crippen LogP contribution < -0.4 is 0 Å². The quantitative estimate of drug-likeness (QED) is 0.396. The summed E-state index contributed by atoms with van der Waals surface area (Å²) in [7, 11) is 1.29. The Hall–Kier alpha value is -0.200. The van der Waals surface area contributed by atoms with Crippen molar-refractivity contribution < 1.29 is 25.2 Å². The zero-order chi connectivity index (χ0) is 9.72. The van der Waals surface area contributed by atoms with E-state index in [4.69, 9.17) is 20.1 Å². The van der Waals surface area contributed by atoms with E-state index in [1.165, 1.54) is 14.0 Å². The van der Waals surface area contributed by atoms with E-state index in [0.717, 1.165) is 0 Å². The van der Waals surface area contributed by atoms with Crippen molar-refractivity contribution in [2.45, 2.75) is 31.3 Å². The van der Waals surface area contributed by atoms with Crippen LogP contribution in [0.5, 0.6) is 0 Å². The van der Waals surface area contributed by atoms with Crippen LogP contribution in [-0.4, -0.2) is 58.6 Å². The van der Waals surface area contributed by atoms with Gasteiger partial charge in [0.25, 0.3) is 0 Å². The van der Waals surface area contributed by atoms with E-state index in [-0.39, 0.29) is 0 Å². The minimum Gasteiger partial charge on any atom is -0.394 e. The Morgan fingerprint density at radius 3 is 2.00 bits per heavy atom. The van der Waals surface area contributed by atoms with Gasteiger partial charge in [0.05, 0.1) is 12.7 Å². The molecule has 0 radical (unpaired) electrons. The Balaban J connectivity index is 4.13. The van der Waals surface area contributed by atoms with Crippen LogP contribution >= 0.6 is 0 Å². The highest BCUT2D eigenvalue weighted by atomic mass is 16.5. The van der Waals surface area contributed by atoms with Gasteiger partial charge < -0.3 is 25.2 Å². The summed E-state index contributed by atoms with van der Waals surface area (Å²) in [5, 5.41) is 35.8. The normalized spacial score (nSPS) is 21.5. The predicted molar refractivity (Wildman–Crippen MR) is 41.6 cm³/mol. The summed E-state index contributed by atoms with van der Waals surface area (Å²) in [6.07, 6.45) is -4.34. The molecule has 0 aromatic heterocycles. The summed E-state index contributed by atoms with van der Waals surface area (Å²) in [5.41, 5.74) is 0. The molecule has 74 valence electrons. The van der Waals surface area contributed by atoms with E-state index < -0.39 is 31.0 Å². The van der Waals surface area contributed by atoms with E-state index in [9.17, 15) is 5.11 Å². The van der Waals surface area contributed by atoms with Crippen molar-refractivity contribution in [2.24, 2.45) is 0 Å². The molecular formula is C7H16O5. The lowest BCUT2D eigenvalue weighted by Crippen LogP contribution is -2.46. The molecule has 4 N–H and O–H groups in total. The van der Waals surface area contributed by atoms with Gasteiger partial charge >= 0.3 is 0 Å². The van der Waals surface area contributed by atoms with Crippen LogP contribution in [0.3, 0.4) is 0 Å². The Morgan fingerprint density at radius 2 is 1.75 bits per heavy atom. The maximum Gasteiger partial charge on any atom is 0.114 e. The van der Waals surface area contributed by atoms with Gasteiger partial charge in [0.2, 0.25) is 0 Å². The highest BCUT2D eigenvalue weighted by molar-refractivity contribution is 4.79. The topological polar surface area (TPSA) is 90.2 Å². The van der Waals surface area contributed by atoms with Crippen molar-refractivity contribution >= 4 is 0 Å². The minimum atomic E-state index is -1.20. The smallest absolute Gasteiger partial charge is 0.114 e. The van der Waals surface area contributed by atoms with E-state index in [2.05, 4.69) is 0 Å². The molecule has 0 saturated heterocycles. The standard InChI is InChI=1S/C7H16O5/c1-4(9)6(11)7(12-2)5(10)3-8/h4-11H,3H2,1-2H3/t4-,5?,6+,7+/m0/s1. The number of ether oxygens (including phenoxy) is 1. The third-order valence-electron chi connectivity index (χ3n) is 1.67. The molecule has 0 aromatic rings. The summed E-state index contributed by atoms with van der Waals surface area (Å²) in [4.78, 5) is 0. The van der Waals surface area contributed by atoms with Crippen LogP contribution in [0, 0.1) is 0 Å². The summed E-state index contributed by atoms with van der Waals surface area (Å²) in [6, 6.07) is 0. The molecule has 0 heterocycles. The largest absolute Gasteiger partial charge is 0.394 e. The van der Waals surface area contributed by atoms with Crippen molar-refractivity contribution in [3.05, 3.63) is 0 Å². The molecule has 0 rings (SSSR count). The molecule has 0 aromatic carbocycles. The number of aliphatic hydroxyl groups is 4. The van der Waals surface area contributed by atoms with Crippen LogP contribution in [0.2, 0.25) is 0 Å². The first-order valence-corrected chi connectivity index (χ1v) is 3.72. The van der Waals surface area contributed by atoms with Crippen LogP contribution in [0.1, 0.15) is 6.92 Å². The van der Waals surface area contributed by atoms with Crippen molar-refractivity contribution in [1.82, 2.24) is 0 Å². The summed E-state index contributed by atoms with van der Waals surface area (Å²) in [5.74, 6) is 0. The Morgan fingerprint density at radius 1 is 1.25 bits per heavy atom. The Bertz CT molecular complexity index is 116. The number of hydrogen-bond donors (Lipinski definition) is 4. The second kappa shape index (κ2) is 5.45. The molecule has 4 atom stereocenters. The van der Waals surface area contributed by atoms with Crippen molar-refractivity contribution in [1.29, 1.82) is 0 Å². The molecule has 0 aliphatic rings. The lowest BCUT2D eigenvalue weighted by Gasteiger charge is -2.26. The van der Waals surface area contributed by atoms with Gasteiger partial charge in [-0.1, -0.05) is 0 Å². The lowest BCUT2D eigenvalue weighted by molar-refractivity contribution is -0.126. The van der Waals surface area contributed by atoms with E-state index in [0.29, 0.717) is 0 Å². The van der Waals surface area contributed by atoms with Crippen LogP contribution in [-0.2, 0) is 4.74 Å². The van der Waals surface area contributed by atoms with E-state index in [1.807, 2.05) is 0 Å². The predicted octanol–water partition coefficient (Wildman–Crippen LogP) is -1.90. The van der Waals surface area contributed by atoms with Gasteiger partial charge in [-0.3, -0.25) is 0 Å². The molecule has 0 fully saturated rings. The highest BCUT2D eigenvalue weighted by Gasteiger charge is 2.29. The van der Waals surface area contributed by atoms with Gasteiger partial charge in [-0.05, 0) is 6.92 Å². The average Bonchev–Trinajstić information content (AvgIpc) is 2.05. The monoisotopic (exact) mass is 180 g/mol. The van der Waals surface area contributed by atoms with Crippen LogP contribution in [0.4, 0.5) is 0 Å². The molecule has 12 heavy (non-hydrogen) atoms. The third-order valence-corrected chi connectivity index (χ3v) is 1.67. The van der Waals surface area contributed by atoms with Gasteiger partial charge in [-0.2, -0.15) is 0 Å². The first-order chi connectivity index (χ1) is 5.54. The first-order valence-electron chi connectivity index (χ1n) is 3.72.